The monoisotopic (exact) mass is 330 g/mol. The summed E-state index contributed by atoms with van der Waals surface area (Å²) in [6, 6.07) is 9.21. The molecule has 0 bridgehead atoms. The van der Waals surface area contributed by atoms with Crippen molar-refractivity contribution in [3.63, 3.8) is 0 Å². The molecule has 0 saturated carbocycles. The van der Waals surface area contributed by atoms with Crippen LogP contribution in [0, 0.1) is 5.21 Å². The molecule has 1 aromatic carbocycles. The molecule has 0 unspecified atom stereocenters. The van der Waals surface area contributed by atoms with E-state index in [2.05, 4.69) is 11.9 Å². The van der Waals surface area contributed by atoms with E-state index in [1.807, 2.05) is 24.3 Å². The maximum atomic E-state index is 12.5. The molecule has 1 N–H and O–H groups in total. The van der Waals surface area contributed by atoms with Crippen LogP contribution < -0.4 is 10.8 Å². The fourth-order valence-corrected chi connectivity index (χ4v) is 3.28. The van der Waals surface area contributed by atoms with Crippen molar-refractivity contribution in [1.29, 1.82) is 0 Å². The van der Waals surface area contributed by atoms with E-state index in [4.69, 9.17) is 5.21 Å². The van der Waals surface area contributed by atoms with E-state index < -0.39 is 0 Å². The Labute approximate surface area is 136 Å². The van der Waals surface area contributed by atoms with Gasteiger partial charge in [0.1, 0.15) is 4.83 Å². The number of pyridine rings is 1. The number of hydrogen-bond acceptors (Lipinski definition) is 6. The van der Waals surface area contributed by atoms with Crippen molar-refractivity contribution in [3.05, 3.63) is 57.7 Å². The minimum absolute atomic E-state index is 0.0607. The van der Waals surface area contributed by atoms with Gasteiger partial charge >= 0.3 is 0 Å². The van der Waals surface area contributed by atoms with Crippen LogP contribution in [0.4, 0.5) is 5.69 Å². The number of unbranched alkanes of at least 4 members (excludes halogenated alkanes) is 1. The predicted octanol–water partition coefficient (Wildman–Crippen LogP) is 3.48. The second-order valence-corrected chi connectivity index (χ2v) is 6.21. The molecule has 0 aliphatic rings. The molecular formula is C16H16N3O3S-. The lowest BCUT2D eigenvalue weighted by atomic mass is 10.1. The van der Waals surface area contributed by atoms with Gasteiger partial charge in [0.2, 0.25) is 0 Å². The van der Waals surface area contributed by atoms with Crippen molar-refractivity contribution in [2.45, 2.75) is 26.2 Å². The van der Waals surface area contributed by atoms with Gasteiger partial charge in [0.05, 0.1) is 23.0 Å². The van der Waals surface area contributed by atoms with Gasteiger partial charge in [-0.25, -0.2) is 8.94 Å². The van der Waals surface area contributed by atoms with Crippen LogP contribution in [0.25, 0.3) is 15.9 Å². The highest BCUT2D eigenvalue weighted by Crippen LogP contribution is 2.22. The van der Waals surface area contributed by atoms with E-state index >= 15 is 0 Å². The first-order chi connectivity index (χ1) is 11.1. The molecule has 0 atom stereocenters. The average molecular weight is 330 g/mol. The highest BCUT2D eigenvalue weighted by Gasteiger charge is 2.11. The van der Waals surface area contributed by atoms with Crippen LogP contribution in [-0.2, 0) is 6.42 Å². The van der Waals surface area contributed by atoms with E-state index in [0.717, 1.165) is 24.9 Å². The Balaban J connectivity index is 1.99. The molecule has 3 aromatic rings. The summed E-state index contributed by atoms with van der Waals surface area (Å²) in [5.41, 5.74) is 1.70. The summed E-state index contributed by atoms with van der Waals surface area (Å²) in [6.07, 6.45) is 4.55. The van der Waals surface area contributed by atoms with Gasteiger partial charge in [-0.1, -0.05) is 25.5 Å². The fourth-order valence-electron chi connectivity index (χ4n) is 2.36. The number of fused-ring (bicyclic) bond motifs is 1. The van der Waals surface area contributed by atoms with Crippen molar-refractivity contribution >= 4 is 27.4 Å². The first-order valence-corrected chi connectivity index (χ1v) is 8.15. The highest BCUT2D eigenvalue weighted by atomic mass is 32.1. The van der Waals surface area contributed by atoms with Crippen LogP contribution >= 0.6 is 11.5 Å². The summed E-state index contributed by atoms with van der Waals surface area (Å²) in [6.45, 7) is 2.15. The molecule has 6 nitrogen and oxygen atoms in total. The molecule has 2 aromatic heterocycles. The number of aryl methyl sites for hydroxylation is 1. The summed E-state index contributed by atoms with van der Waals surface area (Å²) in [5.74, 6) is 0. The number of anilines is 1. The van der Waals surface area contributed by atoms with Crippen molar-refractivity contribution in [3.8, 4) is 5.69 Å². The van der Waals surface area contributed by atoms with E-state index in [1.54, 1.807) is 0 Å². The zero-order valence-corrected chi connectivity index (χ0v) is 13.4. The lowest BCUT2D eigenvalue weighted by Gasteiger charge is -2.20. The van der Waals surface area contributed by atoms with Gasteiger partial charge in [-0.05, 0) is 48.1 Å². The van der Waals surface area contributed by atoms with Crippen molar-refractivity contribution in [2.24, 2.45) is 0 Å². The second kappa shape index (κ2) is 6.49. The molecule has 120 valence electrons. The maximum Gasteiger partial charge on any atom is 0.274 e. The third-order valence-corrected chi connectivity index (χ3v) is 4.70. The second-order valence-electron chi connectivity index (χ2n) is 5.28. The lowest BCUT2D eigenvalue weighted by Crippen LogP contribution is -2.12. The van der Waals surface area contributed by atoms with Crippen LogP contribution in [0.5, 0.6) is 0 Å². The molecule has 0 saturated heterocycles. The molecule has 0 fully saturated rings. The quantitative estimate of drug-likeness (QED) is 0.724. The predicted molar refractivity (Wildman–Crippen MR) is 91.5 cm³/mol. The summed E-state index contributed by atoms with van der Waals surface area (Å²) in [5, 5.41) is 19.9. The standard InChI is InChI=1S/C16H16N3O3S/c1-2-3-4-11-5-7-12(8-6-11)18-16(20)14-9-13(19(21)22)10-17-15(14)23-18/h5-10,21H,2-4H2,1H3/q-1. The Morgan fingerprint density at radius 2 is 2.09 bits per heavy atom. The third-order valence-electron chi connectivity index (χ3n) is 3.64. The fraction of sp³-hybridized carbons (Fsp3) is 0.250. The lowest BCUT2D eigenvalue weighted by molar-refractivity contribution is 0.296. The van der Waals surface area contributed by atoms with Gasteiger partial charge < -0.3 is 10.4 Å². The smallest absolute Gasteiger partial charge is 0.274 e. The van der Waals surface area contributed by atoms with E-state index in [1.165, 1.54) is 33.3 Å². The van der Waals surface area contributed by atoms with Crippen LogP contribution in [0.2, 0.25) is 0 Å². The van der Waals surface area contributed by atoms with Gasteiger partial charge in [-0.2, -0.15) is 0 Å². The summed E-state index contributed by atoms with van der Waals surface area (Å²) in [4.78, 5) is 17.1. The van der Waals surface area contributed by atoms with Crippen molar-refractivity contribution < 1.29 is 5.21 Å². The molecule has 0 radical (unpaired) electrons. The Hall–Kier alpha value is -2.22. The summed E-state index contributed by atoms with van der Waals surface area (Å²) >= 11 is 1.21. The Morgan fingerprint density at radius 1 is 1.35 bits per heavy atom. The molecule has 2 heterocycles. The number of rotatable bonds is 5. The van der Waals surface area contributed by atoms with Crippen LogP contribution in [0.1, 0.15) is 25.3 Å². The first kappa shape index (κ1) is 15.7. The third kappa shape index (κ3) is 3.12. The summed E-state index contributed by atoms with van der Waals surface area (Å²) in [7, 11) is 0. The van der Waals surface area contributed by atoms with Gasteiger partial charge in [0.25, 0.3) is 5.56 Å². The normalized spacial score (nSPS) is 11.1. The molecule has 23 heavy (non-hydrogen) atoms. The number of hydrogen-bond donors (Lipinski definition) is 1. The van der Waals surface area contributed by atoms with E-state index in [-0.39, 0.29) is 16.5 Å². The van der Waals surface area contributed by atoms with E-state index in [9.17, 15) is 10.0 Å². The zero-order valence-electron chi connectivity index (χ0n) is 12.6. The van der Waals surface area contributed by atoms with Gasteiger partial charge in [-0.3, -0.25) is 10.0 Å². The van der Waals surface area contributed by atoms with E-state index in [0.29, 0.717) is 10.2 Å². The number of aromatic nitrogens is 2. The number of benzene rings is 1. The van der Waals surface area contributed by atoms with Crippen LogP contribution in [0.3, 0.4) is 0 Å². The van der Waals surface area contributed by atoms with Gasteiger partial charge in [-0.15, -0.1) is 0 Å². The molecule has 0 spiro atoms. The minimum Gasteiger partial charge on any atom is -0.733 e. The van der Waals surface area contributed by atoms with Crippen molar-refractivity contribution in [2.75, 3.05) is 5.23 Å². The molecule has 0 amide bonds. The first-order valence-electron chi connectivity index (χ1n) is 7.37. The minimum atomic E-state index is -0.295. The van der Waals surface area contributed by atoms with Gasteiger partial charge in [0.15, 0.2) is 0 Å². The van der Waals surface area contributed by atoms with Crippen molar-refractivity contribution in [1.82, 2.24) is 8.94 Å². The molecule has 3 rings (SSSR count). The molecule has 0 aliphatic carbocycles. The largest absolute Gasteiger partial charge is 0.733 e. The molecule has 7 heteroatoms. The Morgan fingerprint density at radius 3 is 2.74 bits per heavy atom. The zero-order chi connectivity index (χ0) is 16.4. The van der Waals surface area contributed by atoms with Crippen LogP contribution in [0.15, 0.2) is 41.3 Å². The summed E-state index contributed by atoms with van der Waals surface area (Å²) < 4.78 is 1.54. The highest BCUT2D eigenvalue weighted by molar-refractivity contribution is 7.13. The average Bonchev–Trinajstić information content (AvgIpc) is 2.90. The molecule has 0 aliphatic heterocycles. The maximum absolute atomic E-state index is 12.5. The molecular weight excluding hydrogens is 314 g/mol. The van der Waals surface area contributed by atoms with Gasteiger partial charge in [0, 0.05) is 0 Å². The SMILES string of the molecule is CCCCc1ccc(-n2sc3ncc(N([O-])O)cc3c2=O)cc1. The Bertz CT molecular complexity index is 868. The topological polar surface area (TPSA) is 81.4 Å². The van der Waals surface area contributed by atoms with Crippen LogP contribution in [-0.4, -0.2) is 14.1 Å². The Kier molecular flexibility index (Phi) is 4.42. The number of nitrogens with zero attached hydrogens (tertiary/aromatic N) is 3.